The van der Waals surface area contributed by atoms with Gasteiger partial charge in [0.25, 0.3) is 0 Å². The normalized spacial score (nSPS) is 9.64. The molecule has 58 valence electrons. The molecule has 0 aliphatic heterocycles. The molecule has 0 saturated carbocycles. The maximum Gasteiger partial charge on any atom is 0.134 e. The summed E-state index contributed by atoms with van der Waals surface area (Å²) in [6, 6.07) is 4.61. The van der Waals surface area contributed by atoms with E-state index in [1.165, 1.54) is 6.07 Å². The maximum atomic E-state index is 12.9. The van der Waals surface area contributed by atoms with Crippen molar-refractivity contribution >= 4 is 5.76 Å². The van der Waals surface area contributed by atoms with Gasteiger partial charge in [0.2, 0.25) is 0 Å². The monoisotopic (exact) mass is 152 g/mol. The first kappa shape index (κ1) is 7.79. The van der Waals surface area contributed by atoms with Crippen LogP contribution in [0, 0.1) is 12.7 Å². The summed E-state index contributed by atoms with van der Waals surface area (Å²) in [5, 5.41) is 8.95. The van der Waals surface area contributed by atoms with E-state index >= 15 is 0 Å². The van der Waals surface area contributed by atoms with Gasteiger partial charge in [0.1, 0.15) is 11.6 Å². The fraction of sp³-hybridized carbons (Fsp3) is 0.111. The summed E-state index contributed by atoms with van der Waals surface area (Å²) in [7, 11) is 0. The molecule has 0 bridgehead atoms. The van der Waals surface area contributed by atoms with Crippen LogP contribution in [0.5, 0.6) is 0 Å². The second-order valence-electron chi connectivity index (χ2n) is 2.38. The summed E-state index contributed by atoms with van der Waals surface area (Å²) in [5.41, 5.74) is 0.894. The lowest BCUT2D eigenvalue weighted by Gasteiger charge is -2.03. The zero-order valence-corrected chi connectivity index (χ0v) is 6.26. The Morgan fingerprint density at radius 2 is 2.18 bits per heavy atom. The molecule has 0 aliphatic carbocycles. The van der Waals surface area contributed by atoms with Crippen molar-refractivity contribution in [2.24, 2.45) is 0 Å². The first-order valence-corrected chi connectivity index (χ1v) is 3.26. The van der Waals surface area contributed by atoms with Gasteiger partial charge in [0.15, 0.2) is 0 Å². The van der Waals surface area contributed by atoms with E-state index in [2.05, 4.69) is 6.58 Å². The molecule has 1 N–H and O–H groups in total. The Labute approximate surface area is 64.8 Å². The smallest absolute Gasteiger partial charge is 0.134 e. The number of benzene rings is 1. The number of hydrogen-bond acceptors (Lipinski definition) is 1. The van der Waals surface area contributed by atoms with Crippen LogP contribution in [0.25, 0.3) is 5.76 Å². The Kier molecular flexibility index (Phi) is 1.94. The van der Waals surface area contributed by atoms with Crippen LogP contribution in [0.15, 0.2) is 24.8 Å². The molecule has 0 fully saturated rings. The maximum absolute atomic E-state index is 12.9. The average Bonchev–Trinajstić information content (AvgIpc) is 1.85. The van der Waals surface area contributed by atoms with E-state index in [9.17, 15) is 4.39 Å². The summed E-state index contributed by atoms with van der Waals surface area (Å²) < 4.78 is 12.9. The van der Waals surface area contributed by atoms with Gasteiger partial charge in [-0.1, -0.05) is 18.7 Å². The van der Waals surface area contributed by atoms with E-state index < -0.39 is 5.82 Å². The standard InChI is InChI=1S/C9H9FO/c1-6-4-3-5-8(10)9(6)7(2)11/h3-5,11H,2H2,1H3. The van der Waals surface area contributed by atoms with E-state index in [0.717, 1.165) is 0 Å². The van der Waals surface area contributed by atoms with Crippen LogP contribution >= 0.6 is 0 Å². The van der Waals surface area contributed by atoms with Crippen molar-refractivity contribution in [3.05, 3.63) is 41.7 Å². The van der Waals surface area contributed by atoms with E-state index in [1.54, 1.807) is 19.1 Å². The van der Waals surface area contributed by atoms with Gasteiger partial charge in [0, 0.05) is 0 Å². The second kappa shape index (κ2) is 2.74. The van der Waals surface area contributed by atoms with Crippen LogP contribution < -0.4 is 0 Å². The first-order valence-electron chi connectivity index (χ1n) is 3.26. The van der Waals surface area contributed by atoms with E-state index in [1.807, 2.05) is 0 Å². The van der Waals surface area contributed by atoms with Crippen molar-refractivity contribution in [3.8, 4) is 0 Å². The number of rotatable bonds is 1. The lowest BCUT2D eigenvalue weighted by atomic mass is 10.1. The van der Waals surface area contributed by atoms with E-state index in [0.29, 0.717) is 5.56 Å². The summed E-state index contributed by atoms with van der Waals surface area (Å²) in [4.78, 5) is 0. The fourth-order valence-electron chi connectivity index (χ4n) is 0.997. The van der Waals surface area contributed by atoms with Crippen molar-refractivity contribution in [2.75, 3.05) is 0 Å². The molecule has 1 nitrogen and oxygen atoms in total. The van der Waals surface area contributed by atoms with Crippen LogP contribution in [-0.4, -0.2) is 5.11 Å². The highest BCUT2D eigenvalue weighted by molar-refractivity contribution is 5.59. The molecule has 1 rings (SSSR count). The summed E-state index contributed by atoms with van der Waals surface area (Å²) in [6.45, 7) is 4.98. The molecule has 0 spiro atoms. The number of hydrogen-bond donors (Lipinski definition) is 1. The summed E-state index contributed by atoms with van der Waals surface area (Å²) in [6.07, 6.45) is 0. The molecule has 1 aromatic carbocycles. The summed E-state index contributed by atoms with van der Waals surface area (Å²) in [5.74, 6) is -0.655. The number of aliphatic hydroxyl groups is 1. The van der Waals surface area contributed by atoms with Crippen LogP contribution in [0.3, 0.4) is 0 Å². The Morgan fingerprint density at radius 3 is 2.55 bits per heavy atom. The van der Waals surface area contributed by atoms with Crippen LogP contribution in [0.1, 0.15) is 11.1 Å². The average molecular weight is 152 g/mol. The third kappa shape index (κ3) is 1.40. The third-order valence-corrected chi connectivity index (χ3v) is 1.51. The SMILES string of the molecule is C=C(O)c1c(C)cccc1F. The molecule has 0 amide bonds. The zero-order chi connectivity index (χ0) is 8.43. The van der Waals surface area contributed by atoms with Gasteiger partial charge in [-0.05, 0) is 18.6 Å². The fourth-order valence-corrected chi connectivity index (χ4v) is 0.997. The van der Waals surface area contributed by atoms with Crippen LogP contribution in [0.2, 0.25) is 0 Å². The molecule has 0 unspecified atom stereocenters. The second-order valence-corrected chi connectivity index (χ2v) is 2.38. The van der Waals surface area contributed by atoms with Crippen molar-refractivity contribution in [3.63, 3.8) is 0 Å². The number of aliphatic hydroxyl groups excluding tert-OH is 1. The topological polar surface area (TPSA) is 20.2 Å². The predicted octanol–water partition coefficient (Wildman–Crippen LogP) is 2.66. The lowest BCUT2D eigenvalue weighted by Crippen LogP contribution is -1.91. The molecule has 11 heavy (non-hydrogen) atoms. The van der Waals surface area contributed by atoms with Gasteiger partial charge in [-0.15, -0.1) is 0 Å². The Morgan fingerprint density at radius 1 is 1.55 bits per heavy atom. The lowest BCUT2D eigenvalue weighted by molar-refractivity contribution is 0.503. The highest BCUT2D eigenvalue weighted by Crippen LogP contribution is 2.18. The molecule has 1 aromatic rings. The molecule has 0 aliphatic rings. The van der Waals surface area contributed by atoms with Gasteiger partial charge in [-0.25, -0.2) is 4.39 Å². The van der Waals surface area contributed by atoms with Gasteiger partial charge in [0.05, 0.1) is 5.56 Å². The van der Waals surface area contributed by atoms with Gasteiger partial charge in [-0.3, -0.25) is 0 Å². The number of aryl methyl sites for hydroxylation is 1. The van der Waals surface area contributed by atoms with Gasteiger partial charge >= 0.3 is 0 Å². The quantitative estimate of drug-likeness (QED) is 0.613. The molecule has 0 atom stereocenters. The first-order chi connectivity index (χ1) is 5.13. The van der Waals surface area contributed by atoms with Gasteiger partial charge in [-0.2, -0.15) is 0 Å². The molecular weight excluding hydrogens is 143 g/mol. The van der Waals surface area contributed by atoms with Gasteiger partial charge < -0.3 is 5.11 Å². The van der Waals surface area contributed by atoms with E-state index in [4.69, 9.17) is 5.11 Å². The summed E-state index contributed by atoms with van der Waals surface area (Å²) >= 11 is 0. The van der Waals surface area contributed by atoms with E-state index in [-0.39, 0.29) is 11.3 Å². The third-order valence-electron chi connectivity index (χ3n) is 1.51. The Balaban J connectivity index is 3.32. The Bertz CT molecular complexity index is 271. The van der Waals surface area contributed by atoms with Crippen LogP contribution in [0.4, 0.5) is 4.39 Å². The zero-order valence-electron chi connectivity index (χ0n) is 6.26. The minimum Gasteiger partial charge on any atom is -0.508 e. The largest absolute Gasteiger partial charge is 0.508 e. The highest BCUT2D eigenvalue weighted by Gasteiger charge is 2.06. The molecule has 0 saturated heterocycles. The molecule has 0 radical (unpaired) electrons. The van der Waals surface area contributed by atoms with Crippen molar-refractivity contribution in [2.45, 2.75) is 6.92 Å². The predicted molar refractivity (Wildman–Crippen MR) is 42.8 cm³/mol. The van der Waals surface area contributed by atoms with Crippen molar-refractivity contribution < 1.29 is 9.50 Å². The molecule has 0 aromatic heterocycles. The number of halogens is 1. The molecular formula is C9H9FO. The highest BCUT2D eigenvalue weighted by atomic mass is 19.1. The van der Waals surface area contributed by atoms with Crippen LogP contribution in [-0.2, 0) is 0 Å². The van der Waals surface area contributed by atoms with Crippen molar-refractivity contribution in [1.82, 2.24) is 0 Å². The Hall–Kier alpha value is -1.31. The minimum atomic E-state index is -0.433. The minimum absolute atomic E-state index is 0.201. The van der Waals surface area contributed by atoms with Crippen molar-refractivity contribution in [1.29, 1.82) is 0 Å². The molecule has 0 heterocycles. The molecule has 2 heteroatoms.